The van der Waals surface area contributed by atoms with E-state index in [9.17, 15) is 4.79 Å². The number of hydrogen-bond acceptors (Lipinski definition) is 1. The molecule has 0 spiro atoms. The highest BCUT2D eigenvalue weighted by Crippen LogP contribution is 2.30. The summed E-state index contributed by atoms with van der Waals surface area (Å²) in [5, 5.41) is 8.59. The van der Waals surface area contributed by atoms with Crippen LogP contribution in [-0.4, -0.2) is 16.0 Å². The molecule has 13 heavy (non-hydrogen) atoms. The maximum atomic E-state index is 10.5. The second-order valence-corrected chi connectivity index (χ2v) is 5.21. The Kier molecular flexibility index (Phi) is 5.11. The normalized spacial score (nSPS) is 13.6. The zero-order chi connectivity index (χ0) is 10.6. The van der Waals surface area contributed by atoms with Gasteiger partial charge in [-0.25, -0.2) is 0 Å². The maximum Gasteiger partial charge on any atom is 0.304 e. The van der Waals surface area contributed by atoms with Crippen molar-refractivity contribution in [2.75, 3.05) is 0 Å². The molecule has 76 valence electrons. The van der Waals surface area contributed by atoms with E-state index in [1.165, 1.54) is 6.08 Å². The van der Waals surface area contributed by atoms with Crippen molar-refractivity contribution < 1.29 is 9.90 Å². The minimum Gasteiger partial charge on any atom is -0.481 e. The highest BCUT2D eigenvalue weighted by molar-refractivity contribution is 6.55. The van der Waals surface area contributed by atoms with Gasteiger partial charge < -0.3 is 5.11 Å². The van der Waals surface area contributed by atoms with E-state index in [0.717, 1.165) is 0 Å². The quantitative estimate of drug-likeness (QED) is 0.771. The molecule has 0 rings (SSSR count). The van der Waals surface area contributed by atoms with E-state index >= 15 is 0 Å². The van der Waals surface area contributed by atoms with E-state index < -0.39 is 10.8 Å². The molecule has 0 aliphatic heterocycles. The molecule has 0 bridgehead atoms. The van der Waals surface area contributed by atoms with Crippen LogP contribution >= 0.6 is 34.8 Å². The first kappa shape index (κ1) is 13.1. The molecule has 1 unspecified atom stereocenters. The highest BCUT2D eigenvalue weighted by Gasteiger charge is 2.27. The number of hydrogen-bond donors (Lipinski definition) is 1. The van der Waals surface area contributed by atoms with Gasteiger partial charge in [0.05, 0.1) is 6.42 Å². The summed E-state index contributed by atoms with van der Waals surface area (Å²) in [6, 6.07) is 0. The fourth-order valence-electron chi connectivity index (χ4n) is 0.840. The Morgan fingerprint density at radius 1 is 1.54 bits per heavy atom. The second-order valence-electron chi connectivity index (χ2n) is 3.23. The zero-order valence-corrected chi connectivity index (χ0v) is 9.62. The minimum absolute atomic E-state index is 0.0416. The molecule has 0 aromatic rings. The average Bonchev–Trinajstić information content (AvgIpc) is 1.81. The SMILES string of the molecule is CC(C)(Cl)C(C=C(Cl)Cl)CC(=O)O. The molecule has 0 fully saturated rings. The van der Waals surface area contributed by atoms with E-state index in [-0.39, 0.29) is 16.8 Å². The smallest absolute Gasteiger partial charge is 0.304 e. The van der Waals surface area contributed by atoms with Crippen molar-refractivity contribution in [3.8, 4) is 0 Å². The third kappa shape index (κ3) is 6.19. The fourth-order valence-corrected chi connectivity index (χ4v) is 1.28. The van der Waals surface area contributed by atoms with Gasteiger partial charge in [0.15, 0.2) is 0 Å². The van der Waals surface area contributed by atoms with Gasteiger partial charge in [0.2, 0.25) is 0 Å². The Bertz CT molecular complexity index is 214. The van der Waals surface area contributed by atoms with Crippen molar-refractivity contribution in [2.45, 2.75) is 25.1 Å². The molecule has 1 atom stereocenters. The number of aliphatic carboxylic acids is 1. The van der Waals surface area contributed by atoms with E-state index in [1.807, 2.05) is 0 Å². The summed E-state index contributed by atoms with van der Waals surface area (Å²) >= 11 is 16.8. The first-order valence-corrected chi connectivity index (χ1v) is 4.80. The maximum absolute atomic E-state index is 10.5. The molecule has 0 heterocycles. The molecule has 0 aliphatic carbocycles. The lowest BCUT2D eigenvalue weighted by atomic mass is 9.92. The third-order valence-corrected chi connectivity index (χ3v) is 2.14. The molecule has 0 radical (unpaired) electrons. The number of rotatable bonds is 4. The van der Waals surface area contributed by atoms with E-state index in [1.54, 1.807) is 13.8 Å². The van der Waals surface area contributed by atoms with Crippen LogP contribution in [0.25, 0.3) is 0 Å². The molecule has 0 aromatic heterocycles. The van der Waals surface area contributed by atoms with Gasteiger partial charge >= 0.3 is 5.97 Å². The molecular formula is C8H11Cl3O2. The summed E-state index contributed by atoms with van der Waals surface area (Å²) in [7, 11) is 0. The van der Waals surface area contributed by atoms with Crippen LogP contribution in [0.15, 0.2) is 10.6 Å². The molecule has 0 amide bonds. The number of carboxylic acid groups (broad SMARTS) is 1. The van der Waals surface area contributed by atoms with Gasteiger partial charge in [0.1, 0.15) is 4.49 Å². The Morgan fingerprint density at radius 2 is 2.00 bits per heavy atom. The molecule has 0 aromatic carbocycles. The van der Waals surface area contributed by atoms with Crippen molar-refractivity contribution in [3.05, 3.63) is 10.6 Å². The van der Waals surface area contributed by atoms with Crippen molar-refractivity contribution in [2.24, 2.45) is 5.92 Å². The predicted octanol–water partition coefficient (Wildman–Crippen LogP) is 3.41. The summed E-state index contributed by atoms with van der Waals surface area (Å²) < 4.78 is 0.0416. The Morgan fingerprint density at radius 3 is 2.23 bits per heavy atom. The van der Waals surface area contributed by atoms with Gasteiger partial charge in [-0.15, -0.1) is 11.6 Å². The average molecular weight is 246 g/mol. The van der Waals surface area contributed by atoms with Crippen molar-refractivity contribution in [1.29, 1.82) is 0 Å². The largest absolute Gasteiger partial charge is 0.481 e. The predicted molar refractivity (Wildman–Crippen MR) is 55.5 cm³/mol. The summed E-state index contributed by atoms with van der Waals surface area (Å²) in [5.41, 5.74) is 0. The zero-order valence-electron chi connectivity index (χ0n) is 7.35. The number of carboxylic acids is 1. The van der Waals surface area contributed by atoms with E-state index in [4.69, 9.17) is 39.9 Å². The van der Waals surface area contributed by atoms with Crippen molar-refractivity contribution >= 4 is 40.8 Å². The number of alkyl halides is 1. The molecule has 0 aliphatic rings. The van der Waals surface area contributed by atoms with Crippen LogP contribution in [0.1, 0.15) is 20.3 Å². The molecular weight excluding hydrogens is 234 g/mol. The molecule has 0 saturated carbocycles. The number of allylic oxidation sites excluding steroid dienone is 1. The number of halogens is 3. The lowest BCUT2D eigenvalue weighted by molar-refractivity contribution is -0.137. The van der Waals surface area contributed by atoms with Gasteiger partial charge in [-0.3, -0.25) is 4.79 Å². The van der Waals surface area contributed by atoms with Crippen LogP contribution in [0.3, 0.4) is 0 Å². The van der Waals surface area contributed by atoms with Gasteiger partial charge in [0.25, 0.3) is 0 Å². The van der Waals surface area contributed by atoms with Gasteiger partial charge in [-0.2, -0.15) is 0 Å². The lowest BCUT2D eigenvalue weighted by Gasteiger charge is -2.24. The summed E-state index contributed by atoms with van der Waals surface area (Å²) in [4.78, 5) is 9.79. The van der Waals surface area contributed by atoms with E-state index in [0.29, 0.717) is 0 Å². The van der Waals surface area contributed by atoms with Gasteiger partial charge in [-0.05, 0) is 19.9 Å². The fraction of sp³-hybridized carbons (Fsp3) is 0.625. The topological polar surface area (TPSA) is 37.3 Å². The monoisotopic (exact) mass is 244 g/mol. The highest BCUT2D eigenvalue weighted by atomic mass is 35.5. The Labute approximate surface area is 92.5 Å². The Balaban J connectivity index is 4.57. The lowest BCUT2D eigenvalue weighted by Crippen LogP contribution is -2.25. The number of carbonyl (C=O) groups is 1. The molecule has 1 N–H and O–H groups in total. The first-order chi connectivity index (χ1) is 5.73. The van der Waals surface area contributed by atoms with Crippen molar-refractivity contribution in [3.63, 3.8) is 0 Å². The summed E-state index contributed by atoms with van der Waals surface area (Å²) in [6.45, 7) is 3.44. The Hall–Kier alpha value is 0.0800. The van der Waals surface area contributed by atoms with Crippen LogP contribution in [0, 0.1) is 5.92 Å². The molecule has 0 saturated heterocycles. The standard InChI is InChI=1S/C8H11Cl3O2/c1-8(2,11)5(3-6(9)10)4-7(12)13/h3,5H,4H2,1-2H3,(H,12,13). The molecule has 2 nitrogen and oxygen atoms in total. The van der Waals surface area contributed by atoms with Crippen LogP contribution in [0.2, 0.25) is 0 Å². The summed E-state index contributed by atoms with van der Waals surface area (Å²) in [5.74, 6) is -1.30. The first-order valence-electron chi connectivity index (χ1n) is 3.67. The van der Waals surface area contributed by atoms with Crippen LogP contribution in [0.5, 0.6) is 0 Å². The minimum atomic E-state index is -0.926. The van der Waals surface area contributed by atoms with Crippen LogP contribution < -0.4 is 0 Å². The van der Waals surface area contributed by atoms with E-state index in [2.05, 4.69) is 0 Å². The van der Waals surface area contributed by atoms with Gasteiger partial charge in [0, 0.05) is 10.8 Å². The molecule has 5 heteroatoms. The van der Waals surface area contributed by atoms with Crippen molar-refractivity contribution in [1.82, 2.24) is 0 Å². The van der Waals surface area contributed by atoms with Crippen LogP contribution in [-0.2, 0) is 4.79 Å². The third-order valence-electron chi connectivity index (χ3n) is 1.60. The van der Waals surface area contributed by atoms with Crippen LogP contribution in [0.4, 0.5) is 0 Å². The van der Waals surface area contributed by atoms with Gasteiger partial charge in [-0.1, -0.05) is 23.2 Å². The second kappa shape index (κ2) is 5.08. The summed E-state index contributed by atoms with van der Waals surface area (Å²) in [6.07, 6.45) is 1.36.